The number of hydrogen-bond donors (Lipinski definition) is 1. The summed E-state index contributed by atoms with van der Waals surface area (Å²) in [7, 11) is 0. The molecular weight excluding hydrogens is 254 g/mol. The first-order chi connectivity index (χ1) is 8.99. The Morgan fingerprint density at radius 2 is 2.00 bits per heavy atom. The molecule has 104 valence electrons. The van der Waals surface area contributed by atoms with Crippen molar-refractivity contribution < 1.29 is 0 Å². The summed E-state index contributed by atoms with van der Waals surface area (Å²) in [5.74, 6) is 2.62. The van der Waals surface area contributed by atoms with Crippen molar-refractivity contribution in [1.29, 1.82) is 0 Å². The second-order valence-electron chi connectivity index (χ2n) is 7.72. The molecule has 3 fully saturated rings. The minimum atomic E-state index is 0.387. The van der Waals surface area contributed by atoms with E-state index in [1.54, 1.807) is 11.5 Å². The van der Waals surface area contributed by atoms with E-state index in [1.165, 1.54) is 32.1 Å². The van der Waals surface area contributed by atoms with Gasteiger partial charge in [-0.25, -0.2) is 4.98 Å². The van der Waals surface area contributed by atoms with Crippen LogP contribution in [0.4, 0.5) is 5.13 Å². The second kappa shape index (κ2) is 3.72. The Bertz CT molecular complexity index is 500. The molecule has 0 saturated heterocycles. The van der Waals surface area contributed by atoms with Crippen LogP contribution in [0.3, 0.4) is 0 Å². The Hall–Kier alpha value is -0.640. The number of hydrogen-bond acceptors (Lipinski definition) is 4. The largest absolute Gasteiger partial charge is 0.356 e. The highest BCUT2D eigenvalue weighted by Crippen LogP contribution is 2.63. The van der Waals surface area contributed by atoms with Crippen molar-refractivity contribution in [2.45, 2.75) is 64.8 Å². The fourth-order valence-corrected chi connectivity index (χ4v) is 5.26. The fourth-order valence-electron chi connectivity index (χ4n) is 4.59. The van der Waals surface area contributed by atoms with E-state index in [-0.39, 0.29) is 0 Å². The zero-order chi connectivity index (χ0) is 13.3. The molecule has 4 heteroatoms. The number of fused-ring (bicyclic) bond motifs is 2. The van der Waals surface area contributed by atoms with Crippen LogP contribution in [0.2, 0.25) is 0 Å². The Balaban J connectivity index is 1.57. The first-order valence-electron chi connectivity index (χ1n) is 7.59. The molecule has 0 radical (unpaired) electrons. The number of anilines is 1. The van der Waals surface area contributed by atoms with Crippen molar-refractivity contribution >= 4 is 16.7 Å². The normalized spacial score (nSPS) is 39.7. The second-order valence-corrected chi connectivity index (χ2v) is 8.48. The monoisotopic (exact) mass is 277 g/mol. The predicted octanol–water partition coefficient (Wildman–Crippen LogP) is 4.04. The third-order valence-electron chi connectivity index (χ3n) is 5.92. The van der Waals surface area contributed by atoms with Crippen molar-refractivity contribution in [2.75, 3.05) is 5.32 Å². The summed E-state index contributed by atoms with van der Waals surface area (Å²) in [6, 6.07) is 0.554. The van der Waals surface area contributed by atoms with Crippen molar-refractivity contribution in [3.05, 3.63) is 5.82 Å². The van der Waals surface area contributed by atoms with Gasteiger partial charge in [-0.2, -0.15) is 4.37 Å². The molecule has 3 aliphatic rings. The summed E-state index contributed by atoms with van der Waals surface area (Å²) in [6.07, 6.45) is 6.72. The van der Waals surface area contributed by atoms with Crippen molar-refractivity contribution in [3.8, 4) is 0 Å². The van der Waals surface area contributed by atoms with Crippen molar-refractivity contribution in [2.24, 2.45) is 16.7 Å². The Morgan fingerprint density at radius 1 is 1.21 bits per heavy atom. The molecule has 0 spiro atoms. The van der Waals surface area contributed by atoms with E-state index in [1.807, 2.05) is 0 Å². The zero-order valence-electron chi connectivity index (χ0n) is 12.1. The topological polar surface area (TPSA) is 37.8 Å². The predicted molar refractivity (Wildman–Crippen MR) is 78.5 cm³/mol. The molecule has 1 N–H and O–H groups in total. The summed E-state index contributed by atoms with van der Waals surface area (Å²) < 4.78 is 4.52. The smallest absolute Gasteiger partial charge is 0.202 e. The van der Waals surface area contributed by atoms with E-state index in [9.17, 15) is 0 Å². The van der Waals surface area contributed by atoms with Gasteiger partial charge in [0.25, 0.3) is 0 Å². The van der Waals surface area contributed by atoms with E-state index in [0.29, 0.717) is 22.8 Å². The lowest BCUT2D eigenvalue weighted by Gasteiger charge is -2.43. The third-order valence-corrected chi connectivity index (χ3v) is 6.58. The molecular formula is C15H23N3S. The number of nitrogens with one attached hydrogen (secondary N) is 1. The van der Waals surface area contributed by atoms with Crippen LogP contribution in [0.1, 0.15) is 64.6 Å². The molecule has 3 aliphatic carbocycles. The van der Waals surface area contributed by atoms with E-state index in [4.69, 9.17) is 4.98 Å². The molecule has 1 aromatic rings. The van der Waals surface area contributed by atoms with Gasteiger partial charge in [-0.15, -0.1) is 0 Å². The summed E-state index contributed by atoms with van der Waals surface area (Å²) in [6.45, 7) is 7.33. The first kappa shape index (κ1) is 12.1. The SMILES string of the molecule is CC12CCC(C1)C(C)(C)C2Nc1nc(C2CC2)ns1. The van der Waals surface area contributed by atoms with E-state index in [0.717, 1.165) is 16.9 Å². The maximum absolute atomic E-state index is 4.71. The van der Waals surface area contributed by atoms with E-state index >= 15 is 0 Å². The number of aromatic nitrogens is 2. The molecule has 3 atom stereocenters. The molecule has 4 rings (SSSR count). The van der Waals surface area contributed by atoms with Crippen molar-refractivity contribution in [1.82, 2.24) is 9.36 Å². The molecule has 3 saturated carbocycles. The molecule has 0 aliphatic heterocycles. The van der Waals surface area contributed by atoms with Crippen LogP contribution >= 0.6 is 11.5 Å². The van der Waals surface area contributed by atoms with Crippen LogP contribution in [0.15, 0.2) is 0 Å². The van der Waals surface area contributed by atoms with Crippen LogP contribution in [0, 0.1) is 16.7 Å². The standard InChI is InChI=1S/C15H23N3S/c1-14(2)10-6-7-15(3,8-10)12(14)17-13-16-11(18-19-13)9-4-5-9/h9-10,12H,4-8H2,1-3H3,(H,16,17,18). The first-order valence-corrected chi connectivity index (χ1v) is 8.36. The molecule has 19 heavy (non-hydrogen) atoms. The highest BCUT2D eigenvalue weighted by atomic mass is 32.1. The average Bonchev–Trinajstić information content (AvgIpc) is 2.90. The van der Waals surface area contributed by atoms with Crippen LogP contribution in [-0.4, -0.2) is 15.4 Å². The van der Waals surface area contributed by atoms with Gasteiger partial charge in [-0.1, -0.05) is 20.8 Å². The van der Waals surface area contributed by atoms with E-state index < -0.39 is 0 Å². The lowest BCUT2D eigenvalue weighted by molar-refractivity contribution is 0.155. The maximum atomic E-state index is 4.71. The van der Waals surface area contributed by atoms with Gasteiger partial charge in [0, 0.05) is 23.5 Å². The summed E-state index contributed by atoms with van der Waals surface area (Å²) in [4.78, 5) is 4.71. The third kappa shape index (κ3) is 1.75. The summed E-state index contributed by atoms with van der Waals surface area (Å²) in [5.41, 5.74) is 0.845. The fraction of sp³-hybridized carbons (Fsp3) is 0.867. The number of nitrogens with zero attached hydrogens (tertiary/aromatic N) is 2. The maximum Gasteiger partial charge on any atom is 0.202 e. The molecule has 3 nitrogen and oxygen atoms in total. The van der Waals surface area contributed by atoms with Gasteiger partial charge >= 0.3 is 0 Å². The lowest BCUT2D eigenvalue weighted by Crippen LogP contribution is -2.45. The Kier molecular flexibility index (Phi) is 2.37. The van der Waals surface area contributed by atoms with Gasteiger partial charge < -0.3 is 5.32 Å². The van der Waals surface area contributed by atoms with Gasteiger partial charge in [0.05, 0.1) is 0 Å². The van der Waals surface area contributed by atoms with Crippen molar-refractivity contribution in [3.63, 3.8) is 0 Å². The van der Waals surface area contributed by atoms with Crippen LogP contribution in [-0.2, 0) is 0 Å². The average molecular weight is 277 g/mol. The summed E-state index contributed by atoms with van der Waals surface area (Å²) in [5, 5.41) is 4.80. The minimum Gasteiger partial charge on any atom is -0.356 e. The summed E-state index contributed by atoms with van der Waals surface area (Å²) >= 11 is 1.56. The minimum absolute atomic E-state index is 0.387. The van der Waals surface area contributed by atoms with Crippen LogP contribution in [0.25, 0.3) is 0 Å². The molecule has 3 unspecified atom stereocenters. The van der Waals surface area contributed by atoms with Gasteiger partial charge in [-0.05, 0) is 48.9 Å². The molecule has 0 amide bonds. The van der Waals surface area contributed by atoms with Gasteiger partial charge in [0.15, 0.2) is 0 Å². The quantitative estimate of drug-likeness (QED) is 0.906. The zero-order valence-corrected chi connectivity index (χ0v) is 12.9. The van der Waals surface area contributed by atoms with Crippen LogP contribution in [0.5, 0.6) is 0 Å². The Labute approximate surface area is 119 Å². The number of rotatable bonds is 3. The van der Waals surface area contributed by atoms with Gasteiger partial charge in [0.2, 0.25) is 5.13 Å². The lowest BCUT2D eigenvalue weighted by atomic mass is 9.68. The molecule has 0 aromatic carbocycles. The van der Waals surface area contributed by atoms with Gasteiger partial charge in [-0.3, -0.25) is 0 Å². The molecule has 2 bridgehead atoms. The Morgan fingerprint density at radius 3 is 2.63 bits per heavy atom. The van der Waals surface area contributed by atoms with Gasteiger partial charge in [0.1, 0.15) is 5.82 Å². The van der Waals surface area contributed by atoms with Crippen LogP contribution < -0.4 is 5.32 Å². The van der Waals surface area contributed by atoms with E-state index in [2.05, 4.69) is 30.5 Å². The highest BCUT2D eigenvalue weighted by molar-refractivity contribution is 7.09. The highest BCUT2D eigenvalue weighted by Gasteiger charge is 2.59. The molecule has 1 aromatic heterocycles. The molecule has 1 heterocycles.